The van der Waals surface area contributed by atoms with Gasteiger partial charge in [-0.3, -0.25) is 4.79 Å². The van der Waals surface area contributed by atoms with Crippen molar-refractivity contribution in [3.63, 3.8) is 0 Å². The van der Waals surface area contributed by atoms with Crippen LogP contribution in [0, 0.1) is 28.5 Å². The molecule has 0 aliphatic heterocycles. The molecule has 0 amide bonds. The van der Waals surface area contributed by atoms with Gasteiger partial charge in [0.2, 0.25) is 0 Å². The van der Waals surface area contributed by atoms with Gasteiger partial charge in [0, 0.05) is 11.8 Å². The van der Waals surface area contributed by atoms with Crippen molar-refractivity contribution in [2.24, 2.45) is 11.3 Å². The maximum Gasteiger partial charge on any atom is 0.309 e. The van der Waals surface area contributed by atoms with Crippen molar-refractivity contribution in [2.45, 2.75) is 31.6 Å². The molecule has 2 saturated carbocycles. The number of nitriles is 1. The van der Waals surface area contributed by atoms with Crippen molar-refractivity contribution in [1.82, 2.24) is 0 Å². The summed E-state index contributed by atoms with van der Waals surface area (Å²) in [4.78, 5) is 12.0. The minimum atomic E-state index is -0.263. The summed E-state index contributed by atoms with van der Waals surface area (Å²) in [7, 11) is 0. The topological polar surface area (TPSA) is 50.1 Å². The Hall–Kier alpha value is -1.89. The van der Waals surface area contributed by atoms with Crippen molar-refractivity contribution >= 4 is 5.97 Å². The molecule has 4 heteroatoms. The van der Waals surface area contributed by atoms with Crippen LogP contribution in [0.5, 0.6) is 0 Å². The average molecular weight is 273 g/mol. The molecule has 2 fully saturated rings. The number of halogens is 1. The van der Waals surface area contributed by atoms with Crippen LogP contribution in [0.3, 0.4) is 0 Å². The second-order valence-electron chi connectivity index (χ2n) is 5.94. The first kappa shape index (κ1) is 13.1. The summed E-state index contributed by atoms with van der Waals surface area (Å²) < 4.78 is 18.2. The number of hydrogen-bond acceptors (Lipinski definition) is 3. The molecule has 0 N–H and O–H groups in total. The fourth-order valence-electron chi connectivity index (χ4n) is 2.58. The van der Waals surface area contributed by atoms with Crippen LogP contribution in [0.25, 0.3) is 0 Å². The molecule has 0 radical (unpaired) electrons. The van der Waals surface area contributed by atoms with E-state index in [2.05, 4.69) is 6.07 Å². The highest BCUT2D eigenvalue weighted by Crippen LogP contribution is 2.51. The first-order chi connectivity index (χ1) is 9.63. The van der Waals surface area contributed by atoms with Gasteiger partial charge in [-0.25, -0.2) is 4.39 Å². The summed E-state index contributed by atoms with van der Waals surface area (Å²) in [5.74, 6) is -0.378. The van der Waals surface area contributed by atoms with Crippen LogP contribution >= 0.6 is 0 Å². The van der Waals surface area contributed by atoms with Crippen molar-refractivity contribution in [1.29, 1.82) is 5.26 Å². The van der Waals surface area contributed by atoms with E-state index in [1.165, 1.54) is 12.1 Å². The Morgan fingerprint density at radius 2 is 2.10 bits per heavy atom. The van der Waals surface area contributed by atoms with Crippen LogP contribution < -0.4 is 0 Å². The molecular weight excluding hydrogens is 257 g/mol. The Morgan fingerprint density at radius 1 is 1.40 bits per heavy atom. The number of carbonyl (C=O) groups excluding carboxylic acids is 1. The van der Waals surface area contributed by atoms with Gasteiger partial charge < -0.3 is 4.74 Å². The van der Waals surface area contributed by atoms with Crippen molar-refractivity contribution < 1.29 is 13.9 Å². The molecule has 1 aromatic carbocycles. The summed E-state index contributed by atoms with van der Waals surface area (Å²) in [5.41, 5.74) is 0.927. The highest BCUT2D eigenvalue weighted by atomic mass is 19.1. The highest BCUT2D eigenvalue weighted by Gasteiger charge is 2.48. The van der Waals surface area contributed by atoms with Gasteiger partial charge in [0.05, 0.1) is 18.6 Å². The second kappa shape index (κ2) is 4.90. The van der Waals surface area contributed by atoms with Crippen molar-refractivity contribution in [3.05, 3.63) is 35.6 Å². The molecule has 0 spiro atoms. The van der Waals surface area contributed by atoms with E-state index < -0.39 is 0 Å². The zero-order valence-electron chi connectivity index (χ0n) is 11.1. The number of rotatable bonds is 5. The summed E-state index contributed by atoms with van der Waals surface area (Å²) in [6.07, 6.45) is 3.18. The first-order valence-corrected chi connectivity index (χ1v) is 6.93. The van der Waals surface area contributed by atoms with E-state index in [1.807, 2.05) is 0 Å². The largest absolute Gasteiger partial charge is 0.465 e. The van der Waals surface area contributed by atoms with Gasteiger partial charge in [-0.05, 0) is 42.9 Å². The number of hydrogen-bond donors (Lipinski definition) is 0. The quantitative estimate of drug-likeness (QED) is 0.774. The minimum Gasteiger partial charge on any atom is -0.465 e. The molecule has 3 rings (SSSR count). The molecule has 0 aromatic heterocycles. The monoisotopic (exact) mass is 273 g/mol. The number of benzene rings is 1. The molecule has 3 nitrogen and oxygen atoms in total. The predicted octanol–water partition coefficient (Wildman–Crippen LogP) is 3.17. The number of nitrogens with zero attached hydrogens (tertiary/aromatic N) is 1. The van der Waals surface area contributed by atoms with E-state index in [1.54, 1.807) is 12.1 Å². The lowest BCUT2D eigenvalue weighted by Gasteiger charge is -2.11. The lowest BCUT2D eigenvalue weighted by atomic mass is 10.1. The summed E-state index contributed by atoms with van der Waals surface area (Å²) in [6, 6.07) is 8.44. The van der Waals surface area contributed by atoms with E-state index in [4.69, 9.17) is 10.00 Å². The lowest BCUT2D eigenvalue weighted by Crippen LogP contribution is -2.16. The molecule has 2 atom stereocenters. The highest BCUT2D eigenvalue weighted by molar-refractivity contribution is 5.77. The summed E-state index contributed by atoms with van der Waals surface area (Å²) in [6.45, 7) is 0.367. The van der Waals surface area contributed by atoms with Gasteiger partial charge >= 0.3 is 5.97 Å². The molecule has 2 aliphatic carbocycles. The van der Waals surface area contributed by atoms with Crippen LogP contribution in [-0.4, -0.2) is 12.6 Å². The maximum atomic E-state index is 12.8. The predicted molar refractivity (Wildman–Crippen MR) is 70.1 cm³/mol. The third-order valence-corrected chi connectivity index (χ3v) is 4.32. The van der Waals surface area contributed by atoms with E-state index in [0.29, 0.717) is 13.0 Å². The maximum absolute atomic E-state index is 12.8. The molecule has 20 heavy (non-hydrogen) atoms. The number of ether oxygens (including phenoxy) is 1. The van der Waals surface area contributed by atoms with Crippen LogP contribution in [0.15, 0.2) is 24.3 Å². The SMILES string of the molecule is N#CCC1(COC(=O)[C@@H]2C[C@@H]2c2ccc(F)cc2)CC1. The molecule has 0 bridgehead atoms. The smallest absolute Gasteiger partial charge is 0.309 e. The molecule has 0 heterocycles. The van der Waals surface area contributed by atoms with Gasteiger partial charge in [0.15, 0.2) is 0 Å². The van der Waals surface area contributed by atoms with Crippen LogP contribution in [0.2, 0.25) is 0 Å². The van der Waals surface area contributed by atoms with Crippen LogP contribution in [0.4, 0.5) is 4.39 Å². The second-order valence-corrected chi connectivity index (χ2v) is 5.94. The summed E-state index contributed by atoms with van der Waals surface area (Å²) in [5, 5.41) is 8.72. The van der Waals surface area contributed by atoms with Crippen LogP contribution in [-0.2, 0) is 9.53 Å². The number of esters is 1. The van der Waals surface area contributed by atoms with Crippen molar-refractivity contribution in [2.75, 3.05) is 6.61 Å². The van der Waals surface area contributed by atoms with E-state index >= 15 is 0 Å². The Kier molecular flexibility index (Phi) is 3.21. The third kappa shape index (κ3) is 2.67. The van der Waals surface area contributed by atoms with Gasteiger partial charge in [0.25, 0.3) is 0 Å². The van der Waals surface area contributed by atoms with E-state index in [-0.39, 0.29) is 29.0 Å². The Labute approximate surface area is 117 Å². The molecular formula is C16H16FNO2. The molecule has 2 aliphatic rings. The van der Waals surface area contributed by atoms with E-state index in [9.17, 15) is 9.18 Å². The Balaban J connectivity index is 1.51. The zero-order chi connectivity index (χ0) is 14.2. The summed E-state index contributed by atoms with van der Waals surface area (Å²) >= 11 is 0. The standard InChI is InChI=1S/C16H16FNO2/c17-12-3-1-11(2-4-12)13-9-14(13)15(19)20-10-16(5-6-16)7-8-18/h1-4,13-14H,5-7,9-10H2/t13-,14-/m1/s1. The first-order valence-electron chi connectivity index (χ1n) is 6.93. The molecule has 104 valence electrons. The van der Waals surface area contributed by atoms with Gasteiger partial charge in [-0.2, -0.15) is 5.26 Å². The molecule has 1 aromatic rings. The Bertz CT molecular complexity index is 557. The van der Waals surface area contributed by atoms with Crippen LogP contribution in [0.1, 0.15) is 37.2 Å². The van der Waals surface area contributed by atoms with Crippen molar-refractivity contribution in [3.8, 4) is 6.07 Å². The average Bonchev–Trinajstić information content (AvgIpc) is 3.33. The molecule has 0 saturated heterocycles. The normalized spacial score (nSPS) is 25.6. The fourth-order valence-corrected chi connectivity index (χ4v) is 2.58. The minimum absolute atomic E-state index is 0.0648. The van der Waals surface area contributed by atoms with Gasteiger partial charge in [-0.1, -0.05) is 12.1 Å². The van der Waals surface area contributed by atoms with Gasteiger partial charge in [0.1, 0.15) is 5.82 Å². The lowest BCUT2D eigenvalue weighted by molar-refractivity contribution is -0.147. The Morgan fingerprint density at radius 3 is 2.70 bits per heavy atom. The zero-order valence-corrected chi connectivity index (χ0v) is 11.1. The molecule has 0 unspecified atom stereocenters. The fraction of sp³-hybridized carbons (Fsp3) is 0.500. The van der Waals surface area contributed by atoms with Gasteiger partial charge in [-0.15, -0.1) is 0 Å². The van der Waals surface area contributed by atoms with E-state index in [0.717, 1.165) is 24.8 Å². The third-order valence-electron chi connectivity index (χ3n) is 4.32. The number of carbonyl (C=O) groups is 1.